The average molecular weight is 381 g/mol. The number of pyridine rings is 1. The van der Waals surface area contributed by atoms with Gasteiger partial charge in [0, 0.05) is 18.2 Å². The van der Waals surface area contributed by atoms with Crippen LogP contribution in [0.1, 0.15) is 15.9 Å². The summed E-state index contributed by atoms with van der Waals surface area (Å²) in [6.07, 6.45) is 2.05. The lowest BCUT2D eigenvalue weighted by Gasteiger charge is -2.11. The zero-order valence-electron chi connectivity index (χ0n) is 14.4. The number of carbonyl (C=O) groups excluding carboxylic acids is 1. The molecule has 5 nitrogen and oxygen atoms in total. The van der Waals surface area contributed by atoms with E-state index in [9.17, 15) is 4.79 Å². The lowest BCUT2D eigenvalue weighted by molar-refractivity contribution is 0.0933. The number of fused-ring (bicyclic) bond motifs is 1. The predicted octanol–water partition coefficient (Wildman–Crippen LogP) is 4.26. The van der Waals surface area contributed by atoms with E-state index in [4.69, 9.17) is 21.1 Å². The molecule has 1 amide bonds. The molecule has 6 heteroatoms. The van der Waals surface area contributed by atoms with Gasteiger partial charge in [0.15, 0.2) is 0 Å². The number of rotatable bonds is 5. The molecule has 1 aliphatic rings. The Kier molecular flexibility index (Phi) is 4.94. The third-order valence-electron chi connectivity index (χ3n) is 4.23. The molecule has 27 heavy (non-hydrogen) atoms. The van der Waals surface area contributed by atoms with Crippen molar-refractivity contribution in [1.29, 1.82) is 0 Å². The molecule has 0 radical (unpaired) electrons. The van der Waals surface area contributed by atoms with Crippen LogP contribution in [0.3, 0.4) is 0 Å². The zero-order chi connectivity index (χ0) is 18.6. The quantitative estimate of drug-likeness (QED) is 0.672. The summed E-state index contributed by atoms with van der Waals surface area (Å²) in [5.74, 6) is 2.17. The molecule has 2 aromatic carbocycles. The van der Waals surface area contributed by atoms with Gasteiger partial charge in [-0.25, -0.2) is 4.98 Å². The highest BCUT2D eigenvalue weighted by Crippen LogP contribution is 2.33. The van der Waals surface area contributed by atoms with Crippen molar-refractivity contribution in [1.82, 2.24) is 10.3 Å². The van der Waals surface area contributed by atoms with Crippen LogP contribution in [0.25, 0.3) is 0 Å². The van der Waals surface area contributed by atoms with Gasteiger partial charge in [-0.3, -0.25) is 4.79 Å². The number of benzene rings is 2. The average Bonchev–Trinajstić information content (AvgIpc) is 3.10. The van der Waals surface area contributed by atoms with Crippen LogP contribution in [0.4, 0.5) is 0 Å². The molecule has 1 N–H and O–H groups in total. The topological polar surface area (TPSA) is 60.5 Å². The second-order valence-electron chi connectivity index (χ2n) is 6.21. The Morgan fingerprint density at radius 2 is 2.00 bits per heavy atom. The third kappa shape index (κ3) is 4.20. The maximum absolute atomic E-state index is 12.2. The Balaban J connectivity index is 1.35. The molecular formula is C21H17ClN2O3. The molecule has 1 aromatic heterocycles. The van der Waals surface area contributed by atoms with Gasteiger partial charge in [-0.1, -0.05) is 29.8 Å². The Morgan fingerprint density at radius 3 is 2.78 bits per heavy atom. The molecule has 136 valence electrons. The number of ether oxygens (including phenoxy) is 2. The van der Waals surface area contributed by atoms with Gasteiger partial charge in [-0.15, -0.1) is 0 Å². The summed E-state index contributed by atoms with van der Waals surface area (Å²) in [5.41, 5.74) is 1.53. The fourth-order valence-corrected chi connectivity index (χ4v) is 3.03. The van der Waals surface area contributed by atoms with Crippen molar-refractivity contribution in [3.05, 3.63) is 83.1 Å². The van der Waals surface area contributed by atoms with E-state index in [-0.39, 0.29) is 12.0 Å². The van der Waals surface area contributed by atoms with E-state index in [1.165, 1.54) is 6.20 Å². The molecule has 0 unspecified atom stereocenters. The second kappa shape index (κ2) is 7.68. The molecule has 0 bridgehead atoms. The van der Waals surface area contributed by atoms with E-state index in [0.29, 0.717) is 23.7 Å². The van der Waals surface area contributed by atoms with Crippen molar-refractivity contribution in [3.63, 3.8) is 0 Å². The smallest absolute Gasteiger partial charge is 0.252 e. The minimum Gasteiger partial charge on any atom is -0.488 e. The molecule has 1 aliphatic heterocycles. The van der Waals surface area contributed by atoms with Gasteiger partial charge in [0.25, 0.3) is 5.91 Å². The summed E-state index contributed by atoms with van der Waals surface area (Å²) in [6, 6.07) is 18.6. The molecule has 3 aromatic rings. The minimum absolute atomic E-state index is 0.115. The predicted molar refractivity (Wildman–Crippen MR) is 103 cm³/mol. The highest BCUT2D eigenvalue weighted by atomic mass is 35.5. The third-order valence-corrected chi connectivity index (χ3v) is 4.46. The van der Waals surface area contributed by atoms with Crippen LogP contribution in [0, 0.1) is 0 Å². The fraction of sp³-hybridized carbons (Fsp3) is 0.143. The molecule has 0 spiro atoms. The van der Waals surface area contributed by atoms with Gasteiger partial charge in [0.05, 0.1) is 12.1 Å². The molecule has 2 heterocycles. The van der Waals surface area contributed by atoms with Crippen LogP contribution >= 0.6 is 11.6 Å². The normalized spacial score (nSPS) is 14.9. The first-order chi connectivity index (χ1) is 13.2. The largest absolute Gasteiger partial charge is 0.488 e. The van der Waals surface area contributed by atoms with Gasteiger partial charge in [0.1, 0.15) is 28.5 Å². The van der Waals surface area contributed by atoms with Gasteiger partial charge >= 0.3 is 0 Å². The first-order valence-electron chi connectivity index (χ1n) is 8.59. The van der Waals surface area contributed by atoms with Crippen LogP contribution in [0.5, 0.6) is 17.2 Å². The monoisotopic (exact) mass is 380 g/mol. The van der Waals surface area contributed by atoms with E-state index in [1.54, 1.807) is 12.1 Å². The summed E-state index contributed by atoms with van der Waals surface area (Å²) < 4.78 is 11.8. The van der Waals surface area contributed by atoms with Crippen molar-refractivity contribution >= 4 is 17.5 Å². The SMILES string of the molecule is O=C(NC[C@H]1Cc2cc(Oc3ccccc3)ccc2O1)c1ccc(Cl)nc1. The van der Waals surface area contributed by atoms with Crippen molar-refractivity contribution < 1.29 is 14.3 Å². The van der Waals surface area contributed by atoms with Crippen LogP contribution in [-0.4, -0.2) is 23.5 Å². The maximum Gasteiger partial charge on any atom is 0.252 e. The van der Waals surface area contributed by atoms with Gasteiger partial charge in [-0.2, -0.15) is 0 Å². The second-order valence-corrected chi connectivity index (χ2v) is 6.60. The summed E-state index contributed by atoms with van der Waals surface area (Å²) in [6.45, 7) is 0.408. The number of halogens is 1. The molecule has 0 saturated carbocycles. The number of hydrogen-bond acceptors (Lipinski definition) is 4. The highest BCUT2D eigenvalue weighted by Gasteiger charge is 2.24. The summed E-state index contributed by atoms with van der Waals surface area (Å²) in [7, 11) is 0. The molecule has 0 saturated heterocycles. The molecule has 0 fully saturated rings. The molecule has 0 aliphatic carbocycles. The number of hydrogen-bond donors (Lipinski definition) is 1. The number of para-hydroxylation sites is 1. The lowest BCUT2D eigenvalue weighted by atomic mass is 10.1. The minimum atomic E-state index is -0.202. The fourth-order valence-electron chi connectivity index (χ4n) is 2.92. The van der Waals surface area contributed by atoms with E-state index in [2.05, 4.69) is 10.3 Å². The van der Waals surface area contributed by atoms with Gasteiger partial charge in [0.2, 0.25) is 0 Å². The summed E-state index contributed by atoms with van der Waals surface area (Å²) in [4.78, 5) is 16.1. The van der Waals surface area contributed by atoms with Crippen LogP contribution in [0.15, 0.2) is 66.9 Å². The Hall–Kier alpha value is -3.05. The van der Waals surface area contributed by atoms with Crippen molar-refractivity contribution in [2.45, 2.75) is 12.5 Å². The van der Waals surface area contributed by atoms with E-state index in [1.807, 2.05) is 48.5 Å². The summed E-state index contributed by atoms with van der Waals surface area (Å²) >= 11 is 5.74. The zero-order valence-corrected chi connectivity index (χ0v) is 15.1. The van der Waals surface area contributed by atoms with Crippen LogP contribution < -0.4 is 14.8 Å². The number of nitrogens with one attached hydrogen (secondary N) is 1. The molecular weight excluding hydrogens is 364 g/mol. The van der Waals surface area contributed by atoms with Crippen molar-refractivity contribution in [2.24, 2.45) is 0 Å². The number of aromatic nitrogens is 1. The lowest BCUT2D eigenvalue weighted by Crippen LogP contribution is -2.34. The first kappa shape index (κ1) is 17.4. The Bertz CT molecular complexity index is 945. The Morgan fingerprint density at radius 1 is 1.15 bits per heavy atom. The maximum atomic E-state index is 12.2. The van der Waals surface area contributed by atoms with Gasteiger partial charge in [-0.05, 0) is 42.5 Å². The van der Waals surface area contributed by atoms with Crippen LogP contribution in [-0.2, 0) is 6.42 Å². The number of nitrogens with zero attached hydrogens (tertiary/aromatic N) is 1. The highest BCUT2D eigenvalue weighted by molar-refractivity contribution is 6.29. The number of carbonyl (C=O) groups is 1. The summed E-state index contributed by atoms with van der Waals surface area (Å²) in [5, 5.41) is 3.23. The molecule has 1 atom stereocenters. The van der Waals surface area contributed by atoms with Gasteiger partial charge < -0.3 is 14.8 Å². The van der Waals surface area contributed by atoms with Crippen LogP contribution in [0.2, 0.25) is 5.15 Å². The Labute approximate surface area is 161 Å². The first-order valence-corrected chi connectivity index (χ1v) is 8.97. The molecule has 4 rings (SSSR count). The van der Waals surface area contributed by atoms with E-state index >= 15 is 0 Å². The van der Waals surface area contributed by atoms with E-state index in [0.717, 1.165) is 22.8 Å². The van der Waals surface area contributed by atoms with Crippen molar-refractivity contribution in [3.8, 4) is 17.2 Å². The van der Waals surface area contributed by atoms with E-state index < -0.39 is 0 Å². The number of amides is 1. The van der Waals surface area contributed by atoms with Crippen molar-refractivity contribution in [2.75, 3.05) is 6.54 Å². The standard InChI is InChI=1S/C21H17ClN2O3/c22-20-9-6-14(12-23-20)21(25)24-13-18-11-15-10-17(7-8-19(15)27-18)26-16-4-2-1-3-5-16/h1-10,12,18H,11,13H2,(H,24,25)/t18-/m1/s1.